The molecule has 0 saturated heterocycles. The van der Waals surface area contributed by atoms with Gasteiger partial charge in [-0.1, -0.05) is 12.1 Å². The molecule has 1 aromatic carbocycles. The van der Waals surface area contributed by atoms with E-state index < -0.39 is 10.0 Å². The normalized spacial score (nSPS) is 11.3. The molecule has 1 aromatic rings. The van der Waals surface area contributed by atoms with Crippen LogP contribution in [-0.2, 0) is 10.0 Å². The average Bonchev–Trinajstić information content (AvgIpc) is 2.19. The molecular formula is C10H14N2O2S. The predicted octanol–water partition coefficient (Wildman–Crippen LogP) is 1.04. The predicted molar refractivity (Wildman–Crippen MR) is 61.0 cm³/mol. The standard InChI is InChI=1S/C10H14N2O2S/c1-3-7-12-15(13,14)10-6-4-5-9(11)8(10)2/h3-6,12H,1,7,11H2,2H3. The lowest BCUT2D eigenvalue weighted by atomic mass is 10.2. The second-order valence-electron chi connectivity index (χ2n) is 3.11. The van der Waals surface area contributed by atoms with E-state index in [-0.39, 0.29) is 11.4 Å². The first-order valence-electron chi connectivity index (χ1n) is 4.44. The Morgan fingerprint density at radius 1 is 1.53 bits per heavy atom. The lowest BCUT2D eigenvalue weighted by Gasteiger charge is -2.09. The van der Waals surface area contributed by atoms with Crippen LogP contribution >= 0.6 is 0 Å². The maximum absolute atomic E-state index is 11.7. The van der Waals surface area contributed by atoms with Gasteiger partial charge in [-0.15, -0.1) is 6.58 Å². The second-order valence-corrected chi connectivity index (χ2v) is 4.85. The number of hydrogen-bond acceptors (Lipinski definition) is 3. The Balaban J connectivity index is 3.16. The minimum atomic E-state index is -3.48. The highest BCUT2D eigenvalue weighted by Gasteiger charge is 2.16. The lowest BCUT2D eigenvalue weighted by Crippen LogP contribution is -2.24. The summed E-state index contributed by atoms with van der Waals surface area (Å²) in [4.78, 5) is 0.212. The van der Waals surface area contributed by atoms with Gasteiger partial charge in [0.25, 0.3) is 0 Å². The first-order chi connectivity index (χ1) is 6.99. The fourth-order valence-corrected chi connectivity index (χ4v) is 2.44. The van der Waals surface area contributed by atoms with Crippen molar-refractivity contribution in [3.8, 4) is 0 Å². The van der Waals surface area contributed by atoms with Crippen molar-refractivity contribution in [2.24, 2.45) is 0 Å². The van der Waals surface area contributed by atoms with Crippen LogP contribution in [0.3, 0.4) is 0 Å². The monoisotopic (exact) mass is 226 g/mol. The Labute approximate surface area is 89.9 Å². The van der Waals surface area contributed by atoms with Gasteiger partial charge in [-0.05, 0) is 24.6 Å². The van der Waals surface area contributed by atoms with Gasteiger partial charge < -0.3 is 5.73 Å². The second kappa shape index (κ2) is 4.46. The van der Waals surface area contributed by atoms with Gasteiger partial charge in [0.1, 0.15) is 0 Å². The number of hydrogen-bond donors (Lipinski definition) is 2. The Morgan fingerprint density at radius 3 is 2.80 bits per heavy atom. The Morgan fingerprint density at radius 2 is 2.20 bits per heavy atom. The first-order valence-corrected chi connectivity index (χ1v) is 5.93. The van der Waals surface area contributed by atoms with Crippen molar-refractivity contribution in [3.63, 3.8) is 0 Å². The molecule has 0 bridgehead atoms. The lowest BCUT2D eigenvalue weighted by molar-refractivity contribution is 0.585. The molecule has 0 aliphatic rings. The minimum Gasteiger partial charge on any atom is -0.398 e. The molecule has 0 aliphatic heterocycles. The zero-order valence-electron chi connectivity index (χ0n) is 8.53. The Kier molecular flexibility index (Phi) is 3.49. The van der Waals surface area contributed by atoms with Crippen molar-refractivity contribution in [1.29, 1.82) is 0 Å². The van der Waals surface area contributed by atoms with E-state index in [2.05, 4.69) is 11.3 Å². The maximum Gasteiger partial charge on any atom is 0.241 e. The number of sulfonamides is 1. The summed E-state index contributed by atoms with van der Waals surface area (Å²) in [6.07, 6.45) is 1.49. The summed E-state index contributed by atoms with van der Waals surface area (Å²) in [6, 6.07) is 4.81. The molecule has 0 fully saturated rings. The molecule has 0 atom stereocenters. The van der Waals surface area contributed by atoms with Gasteiger partial charge in [-0.25, -0.2) is 13.1 Å². The zero-order chi connectivity index (χ0) is 11.5. The highest BCUT2D eigenvalue weighted by Crippen LogP contribution is 2.19. The molecule has 5 heteroatoms. The van der Waals surface area contributed by atoms with E-state index in [4.69, 9.17) is 5.73 Å². The van der Waals surface area contributed by atoms with Crippen LogP contribution < -0.4 is 10.5 Å². The van der Waals surface area contributed by atoms with Gasteiger partial charge >= 0.3 is 0 Å². The van der Waals surface area contributed by atoms with Crippen molar-refractivity contribution in [3.05, 3.63) is 36.4 Å². The van der Waals surface area contributed by atoms with Crippen molar-refractivity contribution in [2.45, 2.75) is 11.8 Å². The molecule has 0 unspecified atom stereocenters. The SMILES string of the molecule is C=CCNS(=O)(=O)c1cccc(N)c1C. The van der Waals surface area contributed by atoms with E-state index >= 15 is 0 Å². The summed E-state index contributed by atoms with van der Waals surface area (Å²) in [5.41, 5.74) is 6.67. The molecule has 15 heavy (non-hydrogen) atoms. The third kappa shape index (κ3) is 2.57. The summed E-state index contributed by atoms with van der Waals surface area (Å²) in [5.74, 6) is 0. The molecule has 0 saturated carbocycles. The fourth-order valence-electron chi connectivity index (χ4n) is 1.17. The van der Waals surface area contributed by atoms with E-state index in [1.54, 1.807) is 19.1 Å². The topological polar surface area (TPSA) is 72.2 Å². The summed E-state index contributed by atoms with van der Waals surface area (Å²) in [5, 5.41) is 0. The van der Waals surface area contributed by atoms with Crippen LogP contribution in [-0.4, -0.2) is 15.0 Å². The van der Waals surface area contributed by atoms with E-state index in [9.17, 15) is 8.42 Å². The van der Waals surface area contributed by atoms with E-state index in [1.165, 1.54) is 12.1 Å². The van der Waals surface area contributed by atoms with Gasteiger partial charge in [-0.2, -0.15) is 0 Å². The molecular weight excluding hydrogens is 212 g/mol. The molecule has 4 nitrogen and oxygen atoms in total. The van der Waals surface area contributed by atoms with Crippen LogP contribution in [0.4, 0.5) is 5.69 Å². The molecule has 3 N–H and O–H groups in total. The molecule has 0 spiro atoms. The van der Waals surface area contributed by atoms with Gasteiger partial charge in [0.2, 0.25) is 10.0 Å². The number of benzene rings is 1. The highest BCUT2D eigenvalue weighted by molar-refractivity contribution is 7.89. The fraction of sp³-hybridized carbons (Fsp3) is 0.200. The van der Waals surface area contributed by atoms with Crippen molar-refractivity contribution in [1.82, 2.24) is 4.72 Å². The van der Waals surface area contributed by atoms with Gasteiger partial charge in [0.05, 0.1) is 4.90 Å². The van der Waals surface area contributed by atoms with Crippen molar-refractivity contribution >= 4 is 15.7 Å². The van der Waals surface area contributed by atoms with E-state index in [0.717, 1.165) is 0 Å². The molecule has 0 aliphatic carbocycles. The third-order valence-electron chi connectivity index (χ3n) is 2.03. The zero-order valence-corrected chi connectivity index (χ0v) is 9.34. The van der Waals surface area contributed by atoms with Crippen molar-refractivity contribution in [2.75, 3.05) is 12.3 Å². The Hall–Kier alpha value is -1.33. The number of rotatable bonds is 4. The van der Waals surface area contributed by atoms with Crippen LogP contribution in [0.1, 0.15) is 5.56 Å². The molecule has 0 aromatic heterocycles. The van der Waals surface area contributed by atoms with Gasteiger partial charge in [-0.3, -0.25) is 0 Å². The molecule has 0 amide bonds. The van der Waals surface area contributed by atoms with E-state index in [1.807, 2.05) is 0 Å². The molecule has 0 radical (unpaired) electrons. The van der Waals surface area contributed by atoms with Crippen molar-refractivity contribution < 1.29 is 8.42 Å². The largest absolute Gasteiger partial charge is 0.398 e. The third-order valence-corrected chi connectivity index (χ3v) is 3.60. The first kappa shape index (κ1) is 11.7. The number of nitrogens with two attached hydrogens (primary N) is 1. The number of nitrogens with one attached hydrogen (secondary N) is 1. The summed E-state index contributed by atoms with van der Waals surface area (Å²) in [6.45, 7) is 5.33. The summed E-state index contributed by atoms with van der Waals surface area (Å²) >= 11 is 0. The Bertz CT molecular complexity index is 466. The molecule has 82 valence electrons. The smallest absolute Gasteiger partial charge is 0.241 e. The number of nitrogen functional groups attached to an aromatic ring is 1. The van der Waals surface area contributed by atoms with E-state index in [0.29, 0.717) is 11.3 Å². The van der Waals surface area contributed by atoms with Gasteiger partial charge in [0.15, 0.2) is 0 Å². The average molecular weight is 226 g/mol. The number of anilines is 1. The maximum atomic E-state index is 11.7. The van der Waals surface area contributed by atoms with Crippen LogP contribution in [0, 0.1) is 6.92 Å². The molecule has 0 heterocycles. The molecule has 1 rings (SSSR count). The van der Waals surface area contributed by atoms with Gasteiger partial charge in [0, 0.05) is 12.2 Å². The van der Waals surface area contributed by atoms with Crippen LogP contribution in [0.2, 0.25) is 0 Å². The highest BCUT2D eigenvalue weighted by atomic mass is 32.2. The quantitative estimate of drug-likeness (QED) is 0.595. The minimum absolute atomic E-state index is 0.205. The summed E-state index contributed by atoms with van der Waals surface area (Å²) in [7, 11) is -3.48. The van der Waals surface area contributed by atoms with Crippen LogP contribution in [0.25, 0.3) is 0 Å². The summed E-state index contributed by atoms with van der Waals surface area (Å²) < 4.78 is 25.9. The van der Waals surface area contributed by atoms with Crippen LogP contribution in [0.15, 0.2) is 35.7 Å². The van der Waals surface area contributed by atoms with Crippen LogP contribution in [0.5, 0.6) is 0 Å².